The summed E-state index contributed by atoms with van der Waals surface area (Å²) in [5.41, 5.74) is 1.70. The van der Waals surface area contributed by atoms with E-state index in [9.17, 15) is 14.4 Å². The topological polar surface area (TPSA) is 63.7 Å². The van der Waals surface area contributed by atoms with Crippen molar-refractivity contribution in [3.8, 4) is 0 Å². The van der Waals surface area contributed by atoms with Crippen LogP contribution in [0, 0.1) is 0 Å². The zero-order valence-corrected chi connectivity index (χ0v) is 15.7. The monoisotopic (exact) mass is 385 g/mol. The number of esters is 1. The molecule has 0 spiro atoms. The number of ether oxygens (including phenoxy) is 1. The van der Waals surface area contributed by atoms with Gasteiger partial charge in [0.15, 0.2) is 6.10 Å². The fourth-order valence-electron chi connectivity index (χ4n) is 3.00. The van der Waals surface area contributed by atoms with Gasteiger partial charge in [-0.05, 0) is 43.2 Å². The van der Waals surface area contributed by atoms with Crippen LogP contribution in [-0.4, -0.2) is 35.2 Å². The average molecular weight is 386 g/mol. The maximum atomic E-state index is 12.4. The van der Waals surface area contributed by atoms with Crippen LogP contribution in [0.3, 0.4) is 0 Å². The van der Waals surface area contributed by atoms with Crippen LogP contribution >= 0.6 is 11.6 Å². The van der Waals surface area contributed by atoms with Gasteiger partial charge in [0, 0.05) is 30.1 Å². The van der Waals surface area contributed by atoms with Crippen molar-refractivity contribution in [2.75, 3.05) is 6.54 Å². The molecule has 1 atom stereocenters. The third-order valence-electron chi connectivity index (χ3n) is 4.50. The van der Waals surface area contributed by atoms with Gasteiger partial charge in [-0.15, -0.1) is 0 Å². The molecular weight excluding hydrogens is 366 g/mol. The summed E-state index contributed by atoms with van der Waals surface area (Å²) in [4.78, 5) is 38.2. The molecule has 2 aromatic rings. The van der Waals surface area contributed by atoms with Crippen LogP contribution in [-0.2, 0) is 16.1 Å². The summed E-state index contributed by atoms with van der Waals surface area (Å²) in [6.07, 6.45) is 0.572. The highest BCUT2D eigenvalue weighted by Gasteiger charge is 2.22. The largest absolute Gasteiger partial charge is 0.451 e. The molecule has 27 heavy (non-hydrogen) atoms. The number of hydrogen-bond donors (Lipinski definition) is 0. The molecule has 1 aliphatic rings. The van der Waals surface area contributed by atoms with E-state index in [4.69, 9.17) is 16.3 Å². The number of hydrogen-bond acceptors (Lipinski definition) is 4. The number of Topliss-reactive ketones (excluding diaryl/α,β-unsaturated/α-hetero) is 1. The minimum absolute atomic E-state index is 0.159. The fraction of sp³-hybridized carbons (Fsp3) is 0.286. The highest BCUT2D eigenvalue weighted by Crippen LogP contribution is 2.17. The number of rotatable bonds is 6. The first-order valence-corrected chi connectivity index (χ1v) is 9.19. The Morgan fingerprint density at radius 2 is 1.89 bits per heavy atom. The standard InChI is InChI=1S/C21H20ClNO4/c1-14(20(25)17-4-2-5-18(22)12-17)27-21(26)16-9-7-15(8-10-16)13-23-11-3-6-19(23)24/h2,4-5,7-10,12,14H,3,6,11,13H2,1H3/t14-/m1/s1. The van der Waals surface area contributed by atoms with E-state index in [2.05, 4.69) is 0 Å². The van der Waals surface area contributed by atoms with Crippen LogP contribution in [0.2, 0.25) is 5.02 Å². The van der Waals surface area contributed by atoms with Crippen LogP contribution in [0.15, 0.2) is 48.5 Å². The number of benzene rings is 2. The van der Waals surface area contributed by atoms with Crippen LogP contribution in [0.25, 0.3) is 0 Å². The van der Waals surface area contributed by atoms with E-state index in [1.54, 1.807) is 53.4 Å². The van der Waals surface area contributed by atoms with Gasteiger partial charge < -0.3 is 9.64 Å². The van der Waals surface area contributed by atoms with Gasteiger partial charge in [-0.3, -0.25) is 9.59 Å². The molecule has 6 heteroatoms. The summed E-state index contributed by atoms with van der Waals surface area (Å²) in [6.45, 7) is 2.85. The van der Waals surface area contributed by atoms with E-state index in [0.29, 0.717) is 29.1 Å². The Morgan fingerprint density at radius 3 is 2.52 bits per heavy atom. The predicted octanol–water partition coefficient (Wildman–Crippen LogP) is 3.89. The maximum Gasteiger partial charge on any atom is 0.338 e. The minimum atomic E-state index is -0.919. The first-order chi connectivity index (χ1) is 12.9. The number of halogens is 1. The van der Waals surface area contributed by atoms with E-state index >= 15 is 0 Å². The third kappa shape index (κ3) is 4.74. The Labute approximate surface area is 162 Å². The van der Waals surface area contributed by atoms with Gasteiger partial charge in [0.1, 0.15) is 0 Å². The molecule has 0 N–H and O–H groups in total. The second-order valence-corrected chi connectivity index (χ2v) is 6.97. The number of carbonyl (C=O) groups is 3. The molecule has 0 aliphatic carbocycles. The lowest BCUT2D eigenvalue weighted by Crippen LogP contribution is -2.25. The molecule has 0 unspecified atom stereocenters. The highest BCUT2D eigenvalue weighted by atomic mass is 35.5. The van der Waals surface area contributed by atoms with Crippen molar-refractivity contribution in [3.63, 3.8) is 0 Å². The van der Waals surface area contributed by atoms with Crippen LogP contribution in [0.5, 0.6) is 0 Å². The van der Waals surface area contributed by atoms with Crippen molar-refractivity contribution in [1.82, 2.24) is 4.90 Å². The molecule has 0 radical (unpaired) electrons. The zero-order chi connectivity index (χ0) is 19.4. The van der Waals surface area contributed by atoms with Crippen molar-refractivity contribution in [3.05, 3.63) is 70.2 Å². The average Bonchev–Trinajstić information content (AvgIpc) is 3.06. The number of likely N-dealkylation sites (tertiary alicyclic amines) is 1. The number of ketones is 1. The van der Waals surface area contributed by atoms with Gasteiger partial charge in [-0.1, -0.05) is 35.9 Å². The second-order valence-electron chi connectivity index (χ2n) is 6.54. The minimum Gasteiger partial charge on any atom is -0.451 e. The lowest BCUT2D eigenvalue weighted by Gasteiger charge is -2.16. The molecule has 0 saturated carbocycles. The number of carbonyl (C=O) groups excluding carboxylic acids is 3. The molecule has 3 rings (SSSR count). The molecule has 5 nitrogen and oxygen atoms in total. The van der Waals surface area contributed by atoms with Crippen LogP contribution in [0.1, 0.15) is 46.0 Å². The first kappa shape index (κ1) is 19.1. The van der Waals surface area contributed by atoms with Gasteiger partial charge in [0.2, 0.25) is 11.7 Å². The smallest absolute Gasteiger partial charge is 0.338 e. The molecule has 2 aromatic carbocycles. The Kier molecular flexibility index (Phi) is 5.91. The second kappa shape index (κ2) is 8.35. The molecule has 140 valence electrons. The van der Waals surface area contributed by atoms with Gasteiger partial charge in [-0.25, -0.2) is 4.79 Å². The summed E-state index contributed by atoms with van der Waals surface area (Å²) in [5, 5.41) is 0.450. The summed E-state index contributed by atoms with van der Waals surface area (Å²) >= 11 is 5.90. The fourth-order valence-corrected chi connectivity index (χ4v) is 3.19. The van der Waals surface area contributed by atoms with Gasteiger partial charge in [-0.2, -0.15) is 0 Å². The Balaban J connectivity index is 1.60. The molecule has 0 bridgehead atoms. The highest BCUT2D eigenvalue weighted by molar-refractivity contribution is 6.31. The van der Waals surface area contributed by atoms with E-state index < -0.39 is 12.1 Å². The first-order valence-electron chi connectivity index (χ1n) is 8.81. The van der Waals surface area contributed by atoms with Gasteiger partial charge in [0.25, 0.3) is 0 Å². The molecule has 0 aromatic heterocycles. The van der Waals surface area contributed by atoms with Crippen molar-refractivity contribution in [2.45, 2.75) is 32.4 Å². The van der Waals surface area contributed by atoms with Crippen molar-refractivity contribution in [2.24, 2.45) is 0 Å². The van der Waals surface area contributed by atoms with Crippen molar-refractivity contribution < 1.29 is 19.1 Å². The number of nitrogens with zero attached hydrogens (tertiary/aromatic N) is 1. The van der Waals surface area contributed by atoms with Gasteiger partial charge in [0.05, 0.1) is 5.56 Å². The SMILES string of the molecule is C[C@@H](OC(=O)c1ccc(CN2CCCC2=O)cc1)C(=O)c1cccc(Cl)c1. The Morgan fingerprint density at radius 1 is 1.15 bits per heavy atom. The lowest BCUT2D eigenvalue weighted by atomic mass is 10.1. The van der Waals surface area contributed by atoms with Crippen LogP contribution < -0.4 is 0 Å². The molecule has 1 amide bonds. The molecular formula is C21H20ClNO4. The third-order valence-corrected chi connectivity index (χ3v) is 4.73. The summed E-state index contributed by atoms with van der Waals surface area (Å²) in [6, 6.07) is 13.4. The van der Waals surface area contributed by atoms with Crippen molar-refractivity contribution in [1.29, 1.82) is 0 Å². The van der Waals surface area contributed by atoms with E-state index in [-0.39, 0.29) is 11.7 Å². The maximum absolute atomic E-state index is 12.4. The van der Waals surface area contributed by atoms with E-state index in [0.717, 1.165) is 18.5 Å². The molecule has 1 aliphatic heterocycles. The van der Waals surface area contributed by atoms with E-state index in [1.165, 1.54) is 6.92 Å². The lowest BCUT2D eigenvalue weighted by molar-refractivity contribution is -0.128. The van der Waals surface area contributed by atoms with Crippen molar-refractivity contribution >= 4 is 29.3 Å². The Bertz CT molecular complexity index is 863. The van der Waals surface area contributed by atoms with E-state index in [1.807, 2.05) is 0 Å². The van der Waals surface area contributed by atoms with Crippen LogP contribution in [0.4, 0.5) is 0 Å². The molecule has 1 saturated heterocycles. The normalized spacial score (nSPS) is 14.9. The molecule has 1 fully saturated rings. The predicted molar refractivity (Wildman–Crippen MR) is 102 cm³/mol. The van der Waals surface area contributed by atoms with Gasteiger partial charge >= 0.3 is 5.97 Å². The summed E-state index contributed by atoms with van der Waals surface area (Å²) < 4.78 is 5.29. The Hall–Kier alpha value is -2.66. The summed E-state index contributed by atoms with van der Waals surface area (Å²) in [5.74, 6) is -0.719. The molecule has 1 heterocycles. The summed E-state index contributed by atoms with van der Waals surface area (Å²) in [7, 11) is 0. The zero-order valence-electron chi connectivity index (χ0n) is 15.0. The quantitative estimate of drug-likeness (QED) is 0.559. The number of amides is 1.